The van der Waals surface area contributed by atoms with Crippen molar-refractivity contribution < 1.29 is 4.74 Å². The van der Waals surface area contributed by atoms with Crippen LogP contribution in [0.15, 0.2) is 17.5 Å². The SMILES string of the molecule is COCC1CCN(CCNCCc2cccs2)CC1. The molecular formula is C15H26N2OS. The summed E-state index contributed by atoms with van der Waals surface area (Å²) < 4.78 is 5.24. The Balaban J connectivity index is 1.48. The van der Waals surface area contributed by atoms with E-state index in [0.717, 1.165) is 32.0 Å². The van der Waals surface area contributed by atoms with Crippen LogP contribution in [0.2, 0.25) is 0 Å². The molecule has 3 nitrogen and oxygen atoms in total. The average molecular weight is 282 g/mol. The third kappa shape index (κ3) is 5.61. The third-order valence-electron chi connectivity index (χ3n) is 3.84. The van der Waals surface area contributed by atoms with E-state index in [9.17, 15) is 0 Å². The van der Waals surface area contributed by atoms with E-state index in [0.29, 0.717) is 0 Å². The highest BCUT2D eigenvalue weighted by Gasteiger charge is 2.18. The van der Waals surface area contributed by atoms with Gasteiger partial charge in [0, 0.05) is 38.2 Å². The molecule has 0 aromatic carbocycles. The lowest BCUT2D eigenvalue weighted by molar-refractivity contribution is 0.0999. The Kier molecular flexibility index (Phi) is 6.85. The van der Waals surface area contributed by atoms with Crippen molar-refractivity contribution in [1.82, 2.24) is 10.2 Å². The van der Waals surface area contributed by atoms with Crippen LogP contribution in [0.5, 0.6) is 0 Å². The van der Waals surface area contributed by atoms with Crippen LogP contribution in [0, 0.1) is 5.92 Å². The Morgan fingerprint density at radius 2 is 2.21 bits per heavy atom. The van der Waals surface area contributed by atoms with Crippen molar-refractivity contribution >= 4 is 11.3 Å². The predicted octanol–water partition coefficient (Wildman–Crippen LogP) is 2.24. The summed E-state index contributed by atoms with van der Waals surface area (Å²) >= 11 is 1.85. The Morgan fingerprint density at radius 1 is 1.37 bits per heavy atom. The molecule has 1 N–H and O–H groups in total. The molecule has 0 saturated carbocycles. The monoisotopic (exact) mass is 282 g/mol. The van der Waals surface area contributed by atoms with Crippen LogP contribution in [-0.2, 0) is 11.2 Å². The largest absolute Gasteiger partial charge is 0.384 e. The van der Waals surface area contributed by atoms with Gasteiger partial charge >= 0.3 is 0 Å². The smallest absolute Gasteiger partial charge is 0.0491 e. The molecule has 19 heavy (non-hydrogen) atoms. The van der Waals surface area contributed by atoms with Gasteiger partial charge in [0.2, 0.25) is 0 Å². The Bertz CT molecular complexity index is 321. The van der Waals surface area contributed by atoms with Gasteiger partial charge in [-0.2, -0.15) is 0 Å². The van der Waals surface area contributed by atoms with Gasteiger partial charge in [0.15, 0.2) is 0 Å². The highest BCUT2D eigenvalue weighted by Crippen LogP contribution is 2.16. The molecule has 1 aliphatic rings. The molecule has 108 valence electrons. The van der Waals surface area contributed by atoms with Crippen LogP contribution in [-0.4, -0.2) is 51.3 Å². The van der Waals surface area contributed by atoms with Gasteiger partial charge < -0.3 is 15.0 Å². The predicted molar refractivity (Wildman–Crippen MR) is 81.9 cm³/mol. The summed E-state index contributed by atoms with van der Waals surface area (Å²) in [6, 6.07) is 4.34. The molecule has 1 aliphatic heterocycles. The topological polar surface area (TPSA) is 24.5 Å². The van der Waals surface area contributed by atoms with E-state index in [1.807, 2.05) is 18.4 Å². The molecule has 0 radical (unpaired) electrons. The van der Waals surface area contributed by atoms with E-state index in [1.165, 1.54) is 37.4 Å². The summed E-state index contributed by atoms with van der Waals surface area (Å²) in [5.41, 5.74) is 0. The highest BCUT2D eigenvalue weighted by molar-refractivity contribution is 7.09. The molecule has 1 aromatic heterocycles. The number of hydrogen-bond donors (Lipinski definition) is 1. The molecular weight excluding hydrogens is 256 g/mol. The molecule has 0 unspecified atom stereocenters. The maximum absolute atomic E-state index is 5.24. The molecule has 0 atom stereocenters. The summed E-state index contributed by atoms with van der Waals surface area (Å²) in [5.74, 6) is 0.785. The Labute approximate surface area is 121 Å². The van der Waals surface area contributed by atoms with Gasteiger partial charge in [-0.15, -0.1) is 11.3 Å². The first-order chi connectivity index (χ1) is 9.38. The molecule has 1 fully saturated rings. The maximum Gasteiger partial charge on any atom is 0.0491 e. The van der Waals surface area contributed by atoms with Crippen molar-refractivity contribution in [3.05, 3.63) is 22.4 Å². The van der Waals surface area contributed by atoms with Gasteiger partial charge in [-0.3, -0.25) is 0 Å². The molecule has 4 heteroatoms. The van der Waals surface area contributed by atoms with E-state index < -0.39 is 0 Å². The zero-order chi connectivity index (χ0) is 13.3. The van der Waals surface area contributed by atoms with Gasteiger partial charge in [0.05, 0.1) is 0 Å². The minimum atomic E-state index is 0.785. The third-order valence-corrected chi connectivity index (χ3v) is 4.78. The summed E-state index contributed by atoms with van der Waals surface area (Å²) in [6.45, 7) is 6.80. The highest BCUT2D eigenvalue weighted by atomic mass is 32.1. The van der Waals surface area contributed by atoms with Crippen LogP contribution >= 0.6 is 11.3 Å². The summed E-state index contributed by atoms with van der Waals surface area (Å²) in [4.78, 5) is 4.05. The molecule has 1 aromatic rings. The Morgan fingerprint density at radius 3 is 2.89 bits per heavy atom. The maximum atomic E-state index is 5.24. The van der Waals surface area contributed by atoms with Gasteiger partial charge in [0.1, 0.15) is 0 Å². The fraction of sp³-hybridized carbons (Fsp3) is 0.733. The second kappa shape index (κ2) is 8.69. The first-order valence-electron chi connectivity index (χ1n) is 7.33. The number of thiophene rings is 1. The second-order valence-corrected chi connectivity index (χ2v) is 6.35. The first-order valence-corrected chi connectivity index (χ1v) is 8.21. The average Bonchev–Trinajstić information content (AvgIpc) is 2.94. The van der Waals surface area contributed by atoms with Crippen LogP contribution in [0.25, 0.3) is 0 Å². The fourth-order valence-corrected chi connectivity index (χ4v) is 3.35. The molecule has 0 aliphatic carbocycles. The van der Waals surface area contributed by atoms with Crippen LogP contribution in [0.4, 0.5) is 0 Å². The number of rotatable bonds is 8. The molecule has 0 bridgehead atoms. The van der Waals surface area contributed by atoms with E-state index in [-0.39, 0.29) is 0 Å². The summed E-state index contributed by atoms with van der Waals surface area (Å²) in [7, 11) is 1.81. The normalized spacial score (nSPS) is 17.9. The lowest BCUT2D eigenvalue weighted by Gasteiger charge is -2.31. The number of methoxy groups -OCH3 is 1. The number of piperidine rings is 1. The van der Waals surface area contributed by atoms with Crippen molar-refractivity contribution in [2.45, 2.75) is 19.3 Å². The number of likely N-dealkylation sites (tertiary alicyclic amines) is 1. The zero-order valence-electron chi connectivity index (χ0n) is 11.9. The van der Waals surface area contributed by atoms with E-state index in [2.05, 4.69) is 27.7 Å². The summed E-state index contributed by atoms with van der Waals surface area (Å²) in [6.07, 6.45) is 3.75. The van der Waals surface area contributed by atoms with Crippen molar-refractivity contribution in [1.29, 1.82) is 0 Å². The summed E-state index contributed by atoms with van der Waals surface area (Å²) in [5, 5.41) is 5.70. The minimum Gasteiger partial charge on any atom is -0.384 e. The van der Waals surface area contributed by atoms with E-state index >= 15 is 0 Å². The van der Waals surface area contributed by atoms with Gasteiger partial charge in [-0.25, -0.2) is 0 Å². The Hall–Kier alpha value is -0.420. The number of ether oxygens (including phenoxy) is 1. The van der Waals surface area contributed by atoms with Crippen LogP contribution in [0.1, 0.15) is 17.7 Å². The van der Waals surface area contributed by atoms with Gasteiger partial charge in [-0.05, 0) is 49.7 Å². The van der Waals surface area contributed by atoms with Crippen molar-refractivity contribution in [2.24, 2.45) is 5.92 Å². The number of hydrogen-bond acceptors (Lipinski definition) is 4. The molecule has 0 spiro atoms. The second-order valence-electron chi connectivity index (χ2n) is 5.32. The van der Waals surface area contributed by atoms with E-state index in [1.54, 1.807) is 0 Å². The van der Waals surface area contributed by atoms with Crippen molar-refractivity contribution in [3.63, 3.8) is 0 Å². The first kappa shape index (κ1) is 15.0. The minimum absolute atomic E-state index is 0.785. The fourth-order valence-electron chi connectivity index (χ4n) is 2.64. The molecule has 2 heterocycles. The lowest BCUT2D eigenvalue weighted by Crippen LogP contribution is -2.39. The lowest BCUT2D eigenvalue weighted by atomic mass is 9.98. The number of nitrogens with one attached hydrogen (secondary N) is 1. The number of nitrogens with zero attached hydrogens (tertiary/aromatic N) is 1. The standard InChI is InChI=1S/C15H26N2OS/c1-18-13-14-5-9-17(10-6-14)11-8-16-7-4-15-3-2-12-19-15/h2-3,12,14,16H,4-11,13H2,1H3. The zero-order valence-corrected chi connectivity index (χ0v) is 12.8. The van der Waals surface area contributed by atoms with Crippen molar-refractivity contribution in [2.75, 3.05) is 46.4 Å². The van der Waals surface area contributed by atoms with E-state index in [4.69, 9.17) is 4.74 Å². The van der Waals surface area contributed by atoms with Crippen LogP contribution in [0.3, 0.4) is 0 Å². The van der Waals surface area contributed by atoms with Crippen molar-refractivity contribution in [3.8, 4) is 0 Å². The van der Waals surface area contributed by atoms with Crippen LogP contribution < -0.4 is 5.32 Å². The molecule has 0 amide bonds. The molecule has 1 saturated heterocycles. The van der Waals surface area contributed by atoms with Gasteiger partial charge in [0.25, 0.3) is 0 Å². The molecule has 2 rings (SSSR count). The van der Waals surface area contributed by atoms with Gasteiger partial charge in [-0.1, -0.05) is 6.07 Å². The quantitative estimate of drug-likeness (QED) is 0.740.